The van der Waals surface area contributed by atoms with Gasteiger partial charge in [-0.15, -0.1) is 0 Å². The molecule has 2 aromatic rings. The Bertz CT molecular complexity index is 627. The first-order valence-corrected chi connectivity index (χ1v) is 8.60. The van der Waals surface area contributed by atoms with Gasteiger partial charge in [-0.3, -0.25) is 0 Å². The standard InChI is InChI=1S/C13H14BrClN4S/c1-2-5-16-11-9(14)10(7-3-4-7)18-12(19-11)13-17-6-8(15)20-13/h6-7H,2-5H2,1H3,(H,16,18,19). The molecule has 0 spiro atoms. The number of nitrogens with zero attached hydrogens (tertiary/aromatic N) is 3. The van der Waals surface area contributed by atoms with Crippen LogP contribution < -0.4 is 5.32 Å². The number of hydrogen-bond acceptors (Lipinski definition) is 5. The topological polar surface area (TPSA) is 50.7 Å². The maximum atomic E-state index is 5.96. The summed E-state index contributed by atoms with van der Waals surface area (Å²) >= 11 is 11.0. The zero-order valence-corrected chi connectivity index (χ0v) is 14.1. The van der Waals surface area contributed by atoms with Crippen LogP contribution in [0.2, 0.25) is 4.34 Å². The molecule has 0 unspecified atom stereocenters. The fourth-order valence-corrected chi connectivity index (χ4v) is 3.39. The van der Waals surface area contributed by atoms with Gasteiger partial charge in [0, 0.05) is 12.5 Å². The van der Waals surface area contributed by atoms with Crippen LogP contribution in [0, 0.1) is 0 Å². The second-order valence-corrected chi connectivity index (χ2v) is 7.22. The predicted octanol–water partition coefficient (Wildman–Crippen LogP) is 4.72. The van der Waals surface area contributed by atoms with Gasteiger partial charge in [0.05, 0.1) is 16.4 Å². The van der Waals surface area contributed by atoms with E-state index >= 15 is 0 Å². The molecule has 1 N–H and O–H groups in total. The van der Waals surface area contributed by atoms with Crippen molar-refractivity contribution < 1.29 is 0 Å². The van der Waals surface area contributed by atoms with E-state index in [2.05, 4.69) is 43.1 Å². The zero-order chi connectivity index (χ0) is 14.1. The van der Waals surface area contributed by atoms with E-state index in [1.807, 2.05) is 0 Å². The molecule has 0 atom stereocenters. The van der Waals surface area contributed by atoms with Gasteiger partial charge in [-0.1, -0.05) is 29.9 Å². The van der Waals surface area contributed by atoms with Crippen LogP contribution in [0.1, 0.15) is 37.8 Å². The van der Waals surface area contributed by atoms with E-state index in [-0.39, 0.29) is 0 Å². The molecule has 0 amide bonds. The number of nitrogens with one attached hydrogen (secondary N) is 1. The van der Waals surface area contributed by atoms with E-state index in [9.17, 15) is 0 Å². The van der Waals surface area contributed by atoms with Crippen molar-refractivity contribution in [3.05, 3.63) is 20.7 Å². The molecule has 1 aliphatic carbocycles. The molecule has 0 aliphatic heterocycles. The van der Waals surface area contributed by atoms with Gasteiger partial charge in [0.15, 0.2) is 10.8 Å². The highest BCUT2D eigenvalue weighted by Crippen LogP contribution is 2.44. The highest BCUT2D eigenvalue weighted by atomic mass is 79.9. The van der Waals surface area contributed by atoms with Crippen molar-refractivity contribution in [3.8, 4) is 10.8 Å². The van der Waals surface area contributed by atoms with Gasteiger partial charge in [-0.05, 0) is 35.2 Å². The summed E-state index contributed by atoms with van der Waals surface area (Å²) in [6.45, 7) is 3.02. The molecule has 3 rings (SSSR count). The molecule has 1 aliphatic rings. The molecule has 1 saturated carbocycles. The van der Waals surface area contributed by atoms with Crippen molar-refractivity contribution in [2.24, 2.45) is 0 Å². The van der Waals surface area contributed by atoms with Gasteiger partial charge in [0.25, 0.3) is 0 Å². The second kappa shape index (κ2) is 5.95. The van der Waals surface area contributed by atoms with Gasteiger partial charge >= 0.3 is 0 Å². The highest BCUT2D eigenvalue weighted by molar-refractivity contribution is 9.10. The average Bonchev–Trinajstić information content (AvgIpc) is 3.19. The summed E-state index contributed by atoms with van der Waals surface area (Å²) in [7, 11) is 0. The molecule has 2 aromatic heterocycles. The highest BCUT2D eigenvalue weighted by Gasteiger charge is 2.30. The third-order valence-electron chi connectivity index (χ3n) is 3.05. The van der Waals surface area contributed by atoms with E-state index in [4.69, 9.17) is 11.6 Å². The minimum atomic E-state index is 0.545. The van der Waals surface area contributed by atoms with E-state index in [1.54, 1.807) is 6.20 Å². The first kappa shape index (κ1) is 14.2. The number of aromatic nitrogens is 3. The Kier molecular flexibility index (Phi) is 4.23. The Labute approximate surface area is 135 Å². The van der Waals surface area contributed by atoms with Gasteiger partial charge in [0.1, 0.15) is 10.2 Å². The Morgan fingerprint density at radius 2 is 2.25 bits per heavy atom. The minimum Gasteiger partial charge on any atom is -0.369 e. The van der Waals surface area contributed by atoms with Gasteiger partial charge < -0.3 is 5.32 Å². The first-order chi connectivity index (χ1) is 9.69. The zero-order valence-electron chi connectivity index (χ0n) is 11.0. The lowest BCUT2D eigenvalue weighted by molar-refractivity contribution is 0.939. The normalized spacial score (nSPS) is 14.6. The number of rotatable bonds is 5. The summed E-state index contributed by atoms with van der Waals surface area (Å²) in [5, 5.41) is 4.12. The molecule has 0 aromatic carbocycles. The van der Waals surface area contributed by atoms with Crippen molar-refractivity contribution >= 4 is 44.7 Å². The van der Waals surface area contributed by atoms with Crippen molar-refractivity contribution in [1.82, 2.24) is 15.0 Å². The summed E-state index contributed by atoms with van der Waals surface area (Å²) in [4.78, 5) is 13.5. The minimum absolute atomic E-state index is 0.545. The van der Waals surface area contributed by atoms with Crippen LogP contribution in [0.4, 0.5) is 5.82 Å². The lowest BCUT2D eigenvalue weighted by Crippen LogP contribution is -2.07. The van der Waals surface area contributed by atoms with Crippen LogP contribution in [-0.2, 0) is 0 Å². The quantitative estimate of drug-likeness (QED) is 0.824. The number of hydrogen-bond donors (Lipinski definition) is 1. The predicted molar refractivity (Wildman–Crippen MR) is 86.6 cm³/mol. The lowest BCUT2D eigenvalue weighted by atomic mass is 10.2. The molecule has 4 nitrogen and oxygen atoms in total. The molecule has 0 radical (unpaired) electrons. The van der Waals surface area contributed by atoms with Crippen LogP contribution in [0.15, 0.2) is 10.7 Å². The van der Waals surface area contributed by atoms with Crippen molar-refractivity contribution in [3.63, 3.8) is 0 Å². The second-order valence-electron chi connectivity index (χ2n) is 4.77. The third kappa shape index (κ3) is 2.97. The maximum absolute atomic E-state index is 5.96. The fourth-order valence-electron chi connectivity index (χ4n) is 1.91. The van der Waals surface area contributed by atoms with E-state index in [1.165, 1.54) is 24.2 Å². The Morgan fingerprint density at radius 1 is 1.45 bits per heavy atom. The molecule has 2 heterocycles. The van der Waals surface area contributed by atoms with E-state index in [0.717, 1.165) is 34.0 Å². The molecular weight excluding hydrogens is 360 g/mol. The number of anilines is 1. The van der Waals surface area contributed by atoms with Crippen molar-refractivity contribution in [1.29, 1.82) is 0 Å². The van der Waals surface area contributed by atoms with Gasteiger partial charge in [0.2, 0.25) is 0 Å². The summed E-state index contributed by atoms with van der Waals surface area (Å²) in [6.07, 6.45) is 5.08. The lowest BCUT2D eigenvalue weighted by Gasteiger charge is -2.11. The Hall–Kier alpha value is -0.720. The number of halogens is 2. The molecule has 0 bridgehead atoms. The van der Waals surface area contributed by atoms with Crippen LogP contribution >= 0.6 is 38.9 Å². The Balaban J connectivity index is 2.03. The van der Waals surface area contributed by atoms with E-state index in [0.29, 0.717) is 16.1 Å². The van der Waals surface area contributed by atoms with Crippen molar-refractivity contribution in [2.75, 3.05) is 11.9 Å². The summed E-state index contributed by atoms with van der Waals surface area (Å²) in [5.41, 5.74) is 1.08. The molecule has 7 heteroatoms. The van der Waals surface area contributed by atoms with Gasteiger partial charge in [-0.25, -0.2) is 15.0 Å². The van der Waals surface area contributed by atoms with Gasteiger partial charge in [-0.2, -0.15) is 0 Å². The van der Waals surface area contributed by atoms with Crippen LogP contribution in [-0.4, -0.2) is 21.5 Å². The summed E-state index contributed by atoms with van der Waals surface area (Å²) < 4.78 is 1.64. The maximum Gasteiger partial charge on any atom is 0.191 e. The van der Waals surface area contributed by atoms with Crippen LogP contribution in [0.25, 0.3) is 10.8 Å². The molecule has 1 fully saturated rings. The SMILES string of the molecule is CCCNc1nc(-c2ncc(Cl)s2)nc(C2CC2)c1Br. The third-order valence-corrected chi connectivity index (χ3v) is 4.94. The molecule has 20 heavy (non-hydrogen) atoms. The van der Waals surface area contributed by atoms with E-state index < -0.39 is 0 Å². The largest absolute Gasteiger partial charge is 0.369 e. The first-order valence-electron chi connectivity index (χ1n) is 6.62. The average molecular weight is 374 g/mol. The molecule has 106 valence electrons. The summed E-state index contributed by atoms with van der Waals surface area (Å²) in [5.74, 6) is 2.06. The molecular formula is C13H14BrClN4S. The van der Waals surface area contributed by atoms with Crippen LogP contribution in [0.5, 0.6) is 0 Å². The summed E-state index contributed by atoms with van der Waals surface area (Å²) in [6, 6.07) is 0. The van der Waals surface area contributed by atoms with Crippen LogP contribution in [0.3, 0.4) is 0 Å². The molecule has 0 saturated heterocycles. The fraction of sp³-hybridized carbons (Fsp3) is 0.462. The monoisotopic (exact) mass is 372 g/mol. The van der Waals surface area contributed by atoms with Crippen molar-refractivity contribution in [2.45, 2.75) is 32.1 Å². The smallest absolute Gasteiger partial charge is 0.191 e. The Morgan fingerprint density at radius 3 is 2.85 bits per heavy atom. The number of thiazole rings is 1.